The Morgan fingerprint density at radius 3 is 2.50 bits per heavy atom. The summed E-state index contributed by atoms with van der Waals surface area (Å²) in [4.78, 5) is 9.99. The van der Waals surface area contributed by atoms with Gasteiger partial charge in [0.05, 0.1) is 5.75 Å². The van der Waals surface area contributed by atoms with Gasteiger partial charge in [-0.1, -0.05) is 0 Å². The van der Waals surface area contributed by atoms with Gasteiger partial charge >= 0.3 is 5.97 Å². The van der Waals surface area contributed by atoms with Crippen molar-refractivity contribution in [2.24, 2.45) is 0 Å². The Labute approximate surface area is 69.8 Å². The van der Waals surface area contributed by atoms with Gasteiger partial charge < -0.3 is 5.11 Å². The Kier molecular flexibility index (Phi) is 7.40. The van der Waals surface area contributed by atoms with Crippen molar-refractivity contribution in [1.29, 1.82) is 0 Å². The maximum Gasteiger partial charge on any atom is 0.313 e. The van der Waals surface area contributed by atoms with Crippen molar-refractivity contribution in [3.8, 4) is 0 Å². The molecule has 0 bridgehead atoms. The van der Waals surface area contributed by atoms with Gasteiger partial charge in [-0.05, 0) is 12.7 Å². The molecule has 1 N–H and O–H groups in total. The van der Waals surface area contributed by atoms with Crippen LogP contribution in [0.25, 0.3) is 0 Å². The van der Waals surface area contributed by atoms with Gasteiger partial charge in [-0.25, -0.2) is 0 Å². The fourth-order valence-corrected chi connectivity index (χ4v) is 1.85. The molecule has 1 radical (unpaired) electrons. The zero-order chi connectivity index (χ0) is 7.82. The van der Waals surface area contributed by atoms with E-state index in [1.807, 2.05) is 0 Å². The Bertz CT molecular complexity index is 95.7. The monoisotopic (exact) mass is 179 g/mol. The van der Waals surface area contributed by atoms with Crippen LogP contribution < -0.4 is 0 Å². The number of thioether (sulfide) groups is 2. The summed E-state index contributed by atoms with van der Waals surface area (Å²) in [6, 6.07) is 0. The third kappa shape index (κ3) is 8.17. The Morgan fingerprint density at radius 1 is 1.40 bits per heavy atom. The van der Waals surface area contributed by atoms with E-state index in [4.69, 9.17) is 5.11 Å². The summed E-state index contributed by atoms with van der Waals surface area (Å²) in [5, 5.41) is 8.23. The van der Waals surface area contributed by atoms with Crippen molar-refractivity contribution in [3.05, 3.63) is 6.92 Å². The van der Waals surface area contributed by atoms with Crippen LogP contribution in [0.5, 0.6) is 0 Å². The third-order valence-corrected chi connectivity index (χ3v) is 2.73. The highest BCUT2D eigenvalue weighted by Gasteiger charge is 1.95. The van der Waals surface area contributed by atoms with Crippen molar-refractivity contribution in [2.75, 3.05) is 23.0 Å². The molecule has 4 heteroatoms. The smallest absolute Gasteiger partial charge is 0.313 e. The maximum atomic E-state index is 9.99. The minimum absolute atomic E-state index is 0.220. The first-order valence-electron chi connectivity index (χ1n) is 2.94. The highest BCUT2D eigenvalue weighted by Crippen LogP contribution is 2.05. The van der Waals surface area contributed by atoms with Gasteiger partial charge in [0, 0.05) is 11.5 Å². The first-order chi connectivity index (χ1) is 4.77. The van der Waals surface area contributed by atoms with Gasteiger partial charge in [-0.15, -0.1) is 11.8 Å². The van der Waals surface area contributed by atoms with E-state index in [0.717, 1.165) is 17.3 Å². The van der Waals surface area contributed by atoms with Crippen molar-refractivity contribution in [2.45, 2.75) is 0 Å². The molecule has 0 aliphatic heterocycles. The van der Waals surface area contributed by atoms with Crippen molar-refractivity contribution in [1.82, 2.24) is 0 Å². The SMILES string of the molecule is [CH2]CSCCSCC(=O)O. The lowest BCUT2D eigenvalue weighted by atomic mass is 10.8. The van der Waals surface area contributed by atoms with Crippen LogP contribution in [0.2, 0.25) is 0 Å². The van der Waals surface area contributed by atoms with Crippen LogP contribution in [0.4, 0.5) is 0 Å². The molecule has 2 nitrogen and oxygen atoms in total. The molecule has 0 spiro atoms. The first kappa shape index (κ1) is 10.2. The molecule has 0 amide bonds. The van der Waals surface area contributed by atoms with Gasteiger partial charge in [0.15, 0.2) is 0 Å². The minimum Gasteiger partial charge on any atom is -0.481 e. The standard InChI is InChI=1S/C6H11O2S2/c1-2-9-3-4-10-5-6(7)8/h1-5H2,(H,7,8). The van der Waals surface area contributed by atoms with Crippen LogP contribution in [-0.4, -0.2) is 34.1 Å². The molecule has 0 saturated carbocycles. The molecule has 0 fully saturated rings. The van der Waals surface area contributed by atoms with E-state index in [-0.39, 0.29) is 5.75 Å². The van der Waals surface area contributed by atoms with E-state index in [1.54, 1.807) is 11.8 Å². The van der Waals surface area contributed by atoms with Crippen LogP contribution in [0, 0.1) is 6.92 Å². The lowest BCUT2D eigenvalue weighted by molar-refractivity contribution is -0.133. The summed E-state index contributed by atoms with van der Waals surface area (Å²) in [5.41, 5.74) is 0. The second-order valence-electron chi connectivity index (χ2n) is 1.56. The van der Waals surface area contributed by atoms with Gasteiger partial charge in [0.1, 0.15) is 0 Å². The molecule has 0 heterocycles. The third-order valence-electron chi connectivity index (χ3n) is 0.742. The summed E-state index contributed by atoms with van der Waals surface area (Å²) in [7, 11) is 0. The second kappa shape index (κ2) is 7.28. The number of aliphatic carboxylic acids is 1. The number of hydrogen-bond donors (Lipinski definition) is 1. The lowest BCUT2D eigenvalue weighted by Crippen LogP contribution is -1.99. The highest BCUT2D eigenvalue weighted by molar-refractivity contribution is 8.03. The van der Waals surface area contributed by atoms with Gasteiger partial charge in [-0.3, -0.25) is 4.79 Å². The van der Waals surface area contributed by atoms with Crippen molar-refractivity contribution >= 4 is 29.5 Å². The summed E-state index contributed by atoms with van der Waals surface area (Å²) >= 11 is 3.19. The molecule has 0 aliphatic carbocycles. The number of carboxylic acids is 1. The Balaban J connectivity index is 2.84. The second-order valence-corrected chi connectivity index (χ2v) is 3.89. The lowest BCUT2D eigenvalue weighted by Gasteiger charge is -1.95. The number of hydrogen-bond acceptors (Lipinski definition) is 3. The van der Waals surface area contributed by atoms with Crippen LogP contribution >= 0.6 is 23.5 Å². The molecule has 0 rings (SSSR count). The average molecular weight is 179 g/mol. The molecule has 0 saturated heterocycles. The van der Waals surface area contributed by atoms with E-state index < -0.39 is 5.97 Å². The fraction of sp³-hybridized carbons (Fsp3) is 0.667. The zero-order valence-electron chi connectivity index (χ0n) is 5.71. The van der Waals surface area contributed by atoms with Crippen LogP contribution in [0.15, 0.2) is 0 Å². The minimum atomic E-state index is -0.732. The molecule has 0 atom stereocenters. The first-order valence-corrected chi connectivity index (χ1v) is 5.25. The molecule has 0 aromatic carbocycles. The summed E-state index contributed by atoms with van der Waals surface area (Å²) in [6.45, 7) is 3.66. The molecule has 59 valence electrons. The van der Waals surface area contributed by atoms with E-state index in [1.165, 1.54) is 11.8 Å². The largest absolute Gasteiger partial charge is 0.481 e. The normalized spacial score (nSPS) is 9.70. The molecule has 0 aromatic heterocycles. The van der Waals surface area contributed by atoms with E-state index in [0.29, 0.717) is 0 Å². The van der Waals surface area contributed by atoms with E-state index in [2.05, 4.69) is 6.92 Å². The zero-order valence-corrected chi connectivity index (χ0v) is 7.34. The Morgan fingerprint density at radius 2 is 2.00 bits per heavy atom. The van der Waals surface area contributed by atoms with Crippen LogP contribution in [-0.2, 0) is 4.79 Å². The highest BCUT2D eigenvalue weighted by atomic mass is 32.2. The molecule has 0 aromatic rings. The van der Waals surface area contributed by atoms with Gasteiger partial charge in [0.25, 0.3) is 0 Å². The molecular weight excluding hydrogens is 168 g/mol. The van der Waals surface area contributed by atoms with E-state index in [9.17, 15) is 4.79 Å². The molecule has 0 aliphatic rings. The van der Waals surface area contributed by atoms with E-state index >= 15 is 0 Å². The van der Waals surface area contributed by atoms with Crippen molar-refractivity contribution < 1.29 is 9.90 Å². The number of carbonyl (C=O) groups is 1. The summed E-state index contributed by atoms with van der Waals surface area (Å²) in [5.74, 6) is 2.27. The maximum absolute atomic E-state index is 9.99. The van der Waals surface area contributed by atoms with Crippen LogP contribution in [0.1, 0.15) is 0 Å². The number of carboxylic acid groups (broad SMARTS) is 1. The Hall–Kier alpha value is 0.170. The molecule has 0 unspecified atom stereocenters. The average Bonchev–Trinajstić information content (AvgIpc) is 1.87. The summed E-state index contributed by atoms with van der Waals surface area (Å²) in [6.07, 6.45) is 0. The summed E-state index contributed by atoms with van der Waals surface area (Å²) < 4.78 is 0. The van der Waals surface area contributed by atoms with Gasteiger partial charge in [0.2, 0.25) is 0 Å². The topological polar surface area (TPSA) is 37.3 Å². The fourth-order valence-electron chi connectivity index (χ4n) is 0.379. The molecule has 10 heavy (non-hydrogen) atoms. The van der Waals surface area contributed by atoms with Crippen molar-refractivity contribution in [3.63, 3.8) is 0 Å². The molecular formula is C6H11O2S2. The predicted octanol–water partition coefficient (Wildman–Crippen LogP) is 1.37. The quantitative estimate of drug-likeness (QED) is 0.625. The van der Waals surface area contributed by atoms with Gasteiger partial charge in [-0.2, -0.15) is 11.8 Å². The predicted molar refractivity (Wildman–Crippen MR) is 47.6 cm³/mol. The number of rotatable bonds is 6. The van der Waals surface area contributed by atoms with Crippen LogP contribution in [0.3, 0.4) is 0 Å².